The number of aliphatic imine (C=N–C) groups is 1. The number of methoxy groups -OCH3 is 1. The van der Waals surface area contributed by atoms with Crippen molar-refractivity contribution in [3.05, 3.63) is 70.3 Å². The maximum absolute atomic E-state index is 13.0. The first-order chi connectivity index (χ1) is 15.7. The van der Waals surface area contributed by atoms with E-state index in [1.54, 1.807) is 6.08 Å². The first-order valence-electron chi connectivity index (χ1n) is 10.1. The zero-order chi connectivity index (χ0) is 24.1. The first kappa shape index (κ1) is 24.0. The number of carbonyl (C=O) groups excluding carboxylic acids is 2. The molecule has 1 fully saturated rings. The van der Waals surface area contributed by atoms with Crippen LogP contribution in [0.25, 0.3) is 0 Å². The summed E-state index contributed by atoms with van der Waals surface area (Å²) in [7, 11) is 1.36. The Balaban J connectivity index is 1.77. The molecule has 2 aromatic carbocycles. The predicted octanol–water partition coefficient (Wildman–Crippen LogP) is 4.37. The summed E-state index contributed by atoms with van der Waals surface area (Å²) in [6.07, 6.45) is 1.52. The minimum atomic E-state index is -0.654. The van der Waals surface area contributed by atoms with E-state index in [0.717, 1.165) is 16.8 Å². The number of nitro groups is 1. The number of amidine groups is 1. The average molecular weight is 469 g/mol. The van der Waals surface area contributed by atoms with E-state index in [4.69, 9.17) is 4.74 Å². The van der Waals surface area contributed by atoms with E-state index in [1.165, 1.54) is 42.0 Å². The Labute approximate surface area is 195 Å². The van der Waals surface area contributed by atoms with Crippen LogP contribution >= 0.6 is 11.8 Å². The summed E-state index contributed by atoms with van der Waals surface area (Å²) in [5.74, 6) is -0.484. The van der Waals surface area contributed by atoms with E-state index in [9.17, 15) is 19.7 Å². The fourth-order valence-corrected chi connectivity index (χ4v) is 4.48. The molecule has 1 N–H and O–H groups in total. The van der Waals surface area contributed by atoms with Gasteiger partial charge in [0.1, 0.15) is 11.0 Å². The van der Waals surface area contributed by atoms with Crippen LogP contribution in [0.2, 0.25) is 0 Å². The Morgan fingerprint density at radius 2 is 2.09 bits per heavy atom. The van der Waals surface area contributed by atoms with Crippen molar-refractivity contribution in [3.63, 3.8) is 0 Å². The molecule has 1 aliphatic rings. The van der Waals surface area contributed by atoms with Crippen molar-refractivity contribution in [2.75, 3.05) is 19.0 Å². The van der Waals surface area contributed by atoms with Crippen LogP contribution in [0.3, 0.4) is 0 Å². The van der Waals surface area contributed by atoms with E-state index in [-0.39, 0.29) is 36.0 Å². The van der Waals surface area contributed by atoms with E-state index >= 15 is 0 Å². The Morgan fingerprint density at radius 1 is 1.33 bits per heavy atom. The highest BCUT2D eigenvalue weighted by atomic mass is 32.2. The summed E-state index contributed by atoms with van der Waals surface area (Å²) < 4.78 is 5.15. The van der Waals surface area contributed by atoms with Gasteiger partial charge in [0.2, 0.25) is 11.8 Å². The van der Waals surface area contributed by atoms with Crippen molar-refractivity contribution in [2.45, 2.75) is 25.5 Å². The predicted molar refractivity (Wildman–Crippen MR) is 129 cm³/mol. The molecular formula is C23H24N4O5S. The summed E-state index contributed by atoms with van der Waals surface area (Å²) in [5.41, 5.74) is 2.99. The van der Waals surface area contributed by atoms with Gasteiger partial charge >= 0.3 is 0 Å². The number of benzene rings is 2. The number of nitrogens with zero attached hydrogens (tertiary/aromatic N) is 3. The van der Waals surface area contributed by atoms with Gasteiger partial charge in [-0.1, -0.05) is 35.5 Å². The maximum atomic E-state index is 13.0. The number of amides is 2. The highest BCUT2D eigenvalue weighted by Crippen LogP contribution is 2.34. The quantitative estimate of drug-likeness (QED) is 0.350. The number of non-ortho nitro benzene ring substituents is 1. The van der Waals surface area contributed by atoms with Gasteiger partial charge in [-0.3, -0.25) is 24.6 Å². The molecule has 1 heterocycles. The minimum Gasteiger partial charge on any atom is -0.494 e. The fraction of sp³-hybridized carbons (Fsp3) is 0.261. The molecule has 3 rings (SSSR count). The van der Waals surface area contributed by atoms with Crippen LogP contribution in [0.1, 0.15) is 17.5 Å². The molecule has 2 amide bonds. The number of aryl methyl sites for hydroxylation is 2. The van der Waals surface area contributed by atoms with Crippen LogP contribution in [-0.4, -0.2) is 45.7 Å². The number of nitrogens with one attached hydrogen (secondary N) is 1. The molecule has 0 radical (unpaired) electrons. The molecule has 0 spiro atoms. The lowest BCUT2D eigenvalue weighted by Gasteiger charge is -2.14. The van der Waals surface area contributed by atoms with Gasteiger partial charge in [-0.25, -0.2) is 4.99 Å². The van der Waals surface area contributed by atoms with Crippen molar-refractivity contribution in [1.29, 1.82) is 0 Å². The lowest BCUT2D eigenvalue weighted by atomic mass is 10.1. The topological polar surface area (TPSA) is 114 Å². The van der Waals surface area contributed by atoms with E-state index in [0.29, 0.717) is 5.17 Å². The average Bonchev–Trinajstić information content (AvgIpc) is 3.04. The van der Waals surface area contributed by atoms with Crippen molar-refractivity contribution in [3.8, 4) is 5.75 Å². The molecule has 0 saturated carbocycles. The van der Waals surface area contributed by atoms with E-state index in [1.807, 2.05) is 32.0 Å². The summed E-state index contributed by atoms with van der Waals surface area (Å²) in [5, 5.41) is 13.5. The number of ether oxygens (including phenoxy) is 1. The molecular weight excluding hydrogens is 444 g/mol. The molecule has 0 aliphatic carbocycles. The van der Waals surface area contributed by atoms with Crippen molar-refractivity contribution < 1.29 is 19.2 Å². The first-order valence-corrected chi connectivity index (χ1v) is 11.0. The van der Waals surface area contributed by atoms with Gasteiger partial charge in [0.25, 0.3) is 5.69 Å². The van der Waals surface area contributed by atoms with Crippen LogP contribution in [0, 0.1) is 24.0 Å². The molecule has 1 atom stereocenters. The highest BCUT2D eigenvalue weighted by molar-refractivity contribution is 8.15. The molecule has 9 nitrogen and oxygen atoms in total. The largest absolute Gasteiger partial charge is 0.494 e. The van der Waals surface area contributed by atoms with Gasteiger partial charge in [-0.05, 0) is 31.5 Å². The standard InChI is InChI=1S/C23H24N4O5S/c1-5-10-26-22(29)20(33-23(26)25-17-8-6-14(2)11-15(17)3)13-21(28)24-18-9-7-16(27(30)31)12-19(18)32-4/h5-9,11-12,20H,1,10,13H2,2-4H3,(H,24,28). The van der Waals surface area contributed by atoms with Crippen LogP contribution < -0.4 is 10.1 Å². The van der Waals surface area contributed by atoms with Gasteiger partial charge in [0.15, 0.2) is 5.17 Å². The molecule has 172 valence electrons. The molecule has 1 unspecified atom stereocenters. The summed E-state index contributed by atoms with van der Waals surface area (Å²) >= 11 is 1.23. The van der Waals surface area contributed by atoms with Gasteiger partial charge in [-0.15, -0.1) is 6.58 Å². The summed E-state index contributed by atoms with van der Waals surface area (Å²) in [6.45, 7) is 7.94. The Bertz CT molecular complexity index is 1150. The number of carbonyl (C=O) groups is 2. The van der Waals surface area contributed by atoms with Crippen LogP contribution in [0.5, 0.6) is 5.75 Å². The van der Waals surface area contributed by atoms with Gasteiger partial charge in [0.05, 0.1) is 29.5 Å². The summed E-state index contributed by atoms with van der Waals surface area (Å²) in [6, 6.07) is 9.76. The van der Waals surface area contributed by atoms with Crippen molar-refractivity contribution in [1.82, 2.24) is 4.90 Å². The van der Waals surface area contributed by atoms with Gasteiger partial charge < -0.3 is 10.1 Å². The fourth-order valence-electron chi connectivity index (χ4n) is 3.32. The monoisotopic (exact) mass is 468 g/mol. The maximum Gasteiger partial charge on any atom is 0.273 e. The third kappa shape index (κ3) is 5.58. The van der Waals surface area contributed by atoms with Crippen molar-refractivity contribution in [2.24, 2.45) is 4.99 Å². The molecule has 1 aliphatic heterocycles. The van der Waals surface area contributed by atoms with E-state index in [2.05, 4.69) is 16.9 Å². The second kappa shape index (κ2) is 10.3. The number of hydrogen-bond donors (Lipinski definition) is 1. The van der Waals surface area contributed by atoms with Crippen LogP contribution in [0.4, 0.5) is 17.1 Å². The highest BCUT2D eigenvalue weighted by Gasteiger charge is 2.38. The Hall–Kier alpha value is -3.66. The van der Waals surface area contributed by atoms with E-state index < -0.39 is 16.1 Å². The molecule has 1 saturated heterocycles. The number of anilines is 1. The number of hydrogen-bond acceptors (Lipinski definition) is 7. The summed E-state index contributed by atoms with van der Waals surface area (Å²) in [4.78, 5) is 42.2. The smallest absolute Gasteiger partial charge is 0.273 e. The zero-order valence-corrected chi connectivity index (χ0v) is 19.3. The number of rotatable bonds is 8. The van der Waals surface area contributed by atoms with Crippen LogP contribution in [-0.2, 0) is 9.59 Å². The molecule has 10 heteroatoms. The minimum absolute atomic E-state index is 0.0941. The SMILES string of the molecule is C=CCN1C(=O)C(CC(=O)Nc2ccc([N+](=O)[O-])cc2OC)SC1=Nc1ccc(C)cc1C. The normalized spacial score (nSPS) is 16.7. The van der Waals surface area contributed by atoms with Gasteiger partial charge in [-0.2, -0.15) is 0 Å². The van der Waals surface area contributed by atoms with Crippen molar-refractivity contribution >= 4 is 45.8 Å². The molecule has 0 aromatic heterocycles. The zero-order valence-electron chi connectivity index (χ0n) is 18.5. The molecule has 2 aromatic rings. The second-order valence-electron chi connectivity index (χ2n) is 7.42. The van der Waals surface area contributed by atoms with Crippen LogP contribution in [0.15, 0.2) is 54.0 Å². The lowest BCUT2D eigenvalue weighted by molar-refractivity contribution is -0.384. The number of thioether (sulfide) groups is 1. The Kier molecular flexibility index (Phi) is 7.49. The lowest BCUT2D eigenvalue weighted by Crippen LogP contribution is -2.33. The second-order valence-corrected chi connectivity index (χ2v) is 8.59. The third-order valence-electron chi connectivity index (χ3n) is 4.94. The van der Waals surface area contributed by atoms with Gasteiger partial charge in [0, 0.05) is 19.0 Å². The molecule has 33 heavy (non-hydrogen) atoms. The Morgan fingerprint density at radius 3 is 2.73 bits per heavy atom. The number of nitro benzene ring substituents is 1. The third-order valence-corrected chi connectivity index (χ3v) is 6.12. The molecule has 0 bridgehead atoms.